The smallest absolute Gasteiger partial charge is 0.165 e. The van der Waals surface area contributed by atoms with E-state index in [0.29, 0.717) is 12.8 Å². The Kier molecular flexibility index (Phi) is 2.66. The summed E-state index contributed by atoms with van der Waals surface area (Å²) in [6.07, 6.45) is 1.05. The van der Waals surface area contributed by atoms with E-state index in [0.717, 1.165) is 0 Å². The Morgan fingerprint density at radius 1 is 1.06 bits per heavy atom. The van der Waals surface area contributed by atoms with Gasteiger partial charge in [0.25, 0.3) is 0 Å². The SMILES string of the molecule is OCC1(Cc2c(F)c(F)cc(F)c2F)CC1. The van der Waals surface area contributed by atoms with Gasteiger partial charge in [-0.1, -0.05) is 0 Å². The molecule has 0 aliphatic heterocycles. The molecule has 1 aromatic carbocycles. The standard InChI is InChI=1S/C11H10F4O/c12-7-3-8(13)10(15)6(9(7)14)4-11(5-16)1-2-11/h3,16H,1-2,4-5H2. The summed E-state index contributed by atoms with van der Waals surface area (Å²) >= 11 is 0. The Labute approximate surface area is 89.7 Å². The highest BCUT2D eigenvalue weighted by Gasteiger charge is 2.43. The first-order valence-corrected chi connectivity index (χ1v) is 4.92. The molecule has 0 aromatic heterocycles. The van der Waals surface area contributed by atoms with Crippen molar-refractivity contribution in [2.24, 2.45) is 5.41 Å². The van der Waals surface area contributed by atoms with Crippen LogP contribution in [0, 0.1) is 28.7 Å². The molecule has 1 N–H and O–H groups in total. The van der Waals surface area contributed by atoms with Gasteiger partial charge in [0.2, 0.25) is 0 Å². The van der Waals surface area contributed by atoms with Crippen LogP contribution in [0.2, 0.25) is 0 Å². The van der Waals surface area contributed by atoms with Gasteiger partial charge in [-0.05, 0) is 24.7 Å². The Morgan fingerprint density at radius 3 is 1.94 bits per heavy atom. The van der Waals surface area contributed by atoms with Crippen LogP contribution in [0.1, 0.15) is 18.4 Å². The fourth-order valence-corrected chi connectivity index (χ4v) is 1.72. The minimum Gasteiger partial charge on any atom is -0.396 e. The Balaban J connectivity index is 2.39. The summed E-state index contributed by atoms with van der Waals surface area (Å²) in [6.45, 7) is -0.232. The third-order valence-corrected chi connectivity index (χ3v) is 3.05. The zero-order chi connectivity index (χ0) is 11.9. The van der Waals surface area contributed by atoms with Crippen LogP contribution in [-0.4, -0.2) is 11.7 Å². The normalized spacial score (nSPS) is 17.6. The average molecular weight is 234 g/mol. The maximum absolute atomic E-state index is 13.3. The molecule has 0 bridgehead atoms. The van der Waals surface area contributed by atoms with Crippen LogP contribution in [0.3, 0.4) is 0 Å². The maximum atomic E-state index is 13.3. The van der Waals surface area contributed by atoms with Gasteiger partial charge in [0.15, 0.2) is 23.3 Å². The third kappa shape index (κ3) is 1.80. The molecule has 1 fully saturated rings. The predicted octanol–water partition coefficient (Wildman–Crippen LogP) is 2.56. The van der Waals surface area contributed by atoms with Crippen LogP contribution >= 0.6 is 0 Å². The average Bonchev–Trinajstić information content (AvgIpc) is 3.02. The summed E-state index contributed by atoms with van der Waals surface area (Å²) in [5.74, 6) is -5.53. The molecule has 0 atom stereocenters. The molecule has 2 rings (SSSR count). The van der Waals surface area contributed by atoms with Gasteiger partial charge in [0, 0.05) is 18.2 Å². The molecular weight excluding hydrogens is 224 g/mol. The highest BCUT2D eigenvalue weighted by molar-refractivity contribution is 5.25. The first-order valence-electron chi connectivity index (χ1n) is 4.92. The van der Waals surface area contributed by atoms with Crippen molar-refractivity contribution in [3.05, 3.63) is 34.9 Å². The Hall–Kier alpha value is -1.10. The topological polar surface area (TPSA) is 20.2 Å². The summed E-state index contributed by atoms with van der Waals surface area (Å²) in [4.78, 5) is 0. The zero-order valence-corrected chi connectivity index (χ0v) is 8.36. The van der Waals surface area contributed by atoms with Crippen molar-refractivity contribution < 1.29 is 22.7 Å². The van der Waals surface area contributed by atoms with E-state index in [2.05, 4.69) is 0 Å². The predicted molar refractivity (Wildman–Crippen MR) is 48.7 cm³/mol. The number of halogens is 4. The lowest BCUT2D eigenvalue weighted by atomic mass is 9.96. The molecule has 1 aliphatic carbocycles. The number of hydrogen-bond donors (Lipinski definition) is 1. The van der Waals surface area contributed by atoms with Crippen LogP contribution in [-0.2, 0) is 6.42 Å². The zero-order valence-electron chi connectivity index (χ0n) is 8.36. The monoisotopic (exact) mass is 234 g/mol. The molecule has 1 saturated carbocycles. The molecule has 16 heavy (non-hydrogen) atoms. The van der Waals surface area contributed by atoms with E-state index in [4.69, 9.17) is 5.11 Å². The summed E-state index contributed by atoms with van der Waals surface area (Å²) < 4.78 is 52.3. The number of aliphatic hydroxyl groups excluding tert-OH is 1. The molecule has 0 unspecified atom stereocenters. The van der Waals surface area contributed by atoms with Crippen LogP contribution in [0.5, 0.6) is 0 Å². The van der Waals surface area contributed by atoms with Crippen molar-refractivity contribution in [1.82, 2.24) is 0 Å². The molecule has 0 spiro atoms. The molecule has 88 valence electrons. The van der Waals surface area contributed by atoms with Gasteiger partial charge in [-0.15, -0.1) is 0 Å². The first-order chi connectivity index (χ1) is 7.49. The van der Waals surface area contributed by atoms with Crippen LogP contribution in [0.4, 0.5) is 17.6 Å². The lowest BCUT2D eigenvalue weighted by Crippen LogP contribution is -2.14. The van der Waals surface area contributed by atoms with Crippen LogP contribution in [0.25, 0.3) is 0 Å². The van der Waals surface area contributed by atoms with Crippen LogP contribution < -0.4 is 0 Å². The second-order valence-corrected chi connectivity index (χ2v) is 4.28. The van der Waals surface area contributed by atoms with Gasteiger partial charge >= 0.3 is 0 Å². The van der Waals surface area contributed by atoms with Gasteiger partial charge in [0.1, 0.15) is 0 Å². The maximum Gasteiger partial charge on any atom is 0.165 e. The molecule has 0 radical (unpaired) electrons. The molecule has 1 aromatic rings. The highest BCUT2D eigenvalue weighted by Crippen LogP contribution is 2.48. The van der Waals surface area contributed by atoms with E-state index in [1.165, 1.54) is 0 Å². The van der Waals surface area contributed by atoms with Crippen molar-refractivity contribution in [3.63, 3.8) is 0 Å². The van der Waals surface area contributed by atoms with E-state index in [9.17, 15) is 17.6 Å². The number of aliphatic hydroxyl groups is 1. The minimum absolute atomic E-state index is 0.171. The Bertz CT molecular complexity index is 400. The molecule has 1 aliphatic rings. The molecule has 0 heterocycles. The van der Waals surface area contributed by atoms with Crippen molar-refractivity contribution in [2.45, 2.75) is 19.3 Å². The molecule has 0 saturated heterocycles. The largest absolute Gasteiger partial charge is 0.396 e. The second kappa shape index (κ2) is 3.73. The second-order valence-electron chi connectivity index (χ2n) is 4.28. The number of hydrogen-bond acceptors (Lipinski definition) is 1. The lowest BCUT2D eigenvalue weighted by molar-refractivity contribution is 0.208. The van der Waals surface area contributed by atoms with Gasteiger partial charge in [0.05, 0.1) is 0 Å². The van der Waals surface area contributed by atoms with Crippen molar-refractivity contribution in [2.75, 3.05) is 6.61 Å². The number of rotatable bonds is 3. The summed E-state index contributed by atoms with van der Waals surface area (Å²) in [5.41, 5.74) is -1.20. The highest BCUT2D eigenvalue weighted by atomic mass is 19.2. The van der Waals surface area contributed by atoms with Gasteiger partial charge < -0.3 is 5.11 Å². The molecule has 5 heteroatoms. The van der Waals surface area contributed by atoms with E-state index >= 15 is 0 Å². The lowest BCUT2D eigenvalue weighted by Gasteiger charge is -2.13. The quantitative estimate of drug-likeness (QED) is 0.629. The summed E-state index contributed by atoms with van der Waals surface area (Å²) in [7, 11) is 0. The van der Waals surface area contributed by atoms with Crippen molar-refractivity contribution >= 4 is 0 Å². The number of benzene rings is 1. The Morgan fingerprint density at radius 2 is 1.56 bits per heavy atom. The van der Waals surface area contributed by atoms with E-state index < -0.39 is 34.2 Å². The van der Waals surface area contributed by atoms with Gasteiger partial charge in [-0.2, -0.15) is 0 Å². The third-order valence-electron chi connectivity index (χ3n) is 3.05. The van der Waals surface area contributed by atoms with Gasteiger partial charge in [-0.25, -0.2) is 17.6 Å². The van der Waals surface area contributed by atoms with E-state index in [-0.39, 0.29) is 19.1 Å². The van der Waals surface area contributed by atoms with E-state index in [1.54, 1.807) is 0 Å². The van der Waals surface area contributed by atoms with Crippen molar-refractivity contribution in [3.8, 4) is 0 Å². The fourth-order valence-electron chi connectivity index (χ4n) is 1.72. The molecular formula is C11H10F4O. The summed E-state index contributed by atoms with van der Waals surface area (Å²) in [5, 5.41) is 9.01. The van der Waals surface area contributed by atoms with E-state index in [1.807, 2.05) is 0 Å². The fraction of sp³-hybridized carbons (Fsp3) is 0.455. The van der Waals surface area contributed by atoms with Gasteiger partial charge in [-0.3, -0.25) is 0 Å². The van der Waals surface area contributed by atoms with Crippen molar-refractivity contribution in [1.29, 1.82) is 0 Å². The van der Waals surface area contributed by atoms with Crippen LogP contribution in [0.15, 0.2) is 6.07 Å². The molecule has 1 nitrogen and oxygen atoms in total. The summed E-state index contributed by atoms with van der Waals surface area (Å²) in [6, 6.07) is 0.187. The molecule has 0 amide bonds. The minimum atomic E-state index is -1.40. The first kappa shape index (κ1) is 11.4.